The van der Waals surface area contributed by atoms with Crippen LogP contribution in [-0.4, -0.2) is 11.8 Å². The second kappa shape index (κ2) is 6.05. The number of rotatable bonds is 3. The molecule has 0 N–H and O–H groups in total. The Morgan fingerprint density at radius 1 is 1.42 bits per heavy atom. The van der Waals surface area contributed by atoms with Gasteiger partial charge < -0.3 is 9.15 Å². The third-order valence-electron chi connectivity index (χ3n) is 6.16. The average molecular weight is 332 g/mol. The van der Waals surface area contributed by atoms with Gasteiger partial charge in [0, 0.05) is 23.3 Å². The lowest BCUT2D eigenvalue weighted by Gasteiger charge is -2.51. The maximum atomic E-state index is 13.0. The van der Waals surface area contributed by atoms with Gasteiger partial charge in [-0.05, 0) is 37.2 Å². The van der Waals surface area contributed by atoms with E-state index in [4.69, 9.17) is 9.15 Å². The van der Waals surface area contributed by atoms with Gasteiger partial charge in [-0.1, -0.05) is 34.1 Å². The van der Waals surface area contributed by atoms with Crippen LogP contribution in [0.1, 0.15) is 81.2 Å². The fraction of sp³-hybridized carbons (Fsp3) is 0.700. The van der Waals surface area contributed by atoms with E-state index in [1.54, 1.807) is 6.26 Å². The molecule has 1 aromatic rings. The number of fused-ring (bicyclic) bond motifs is 2. The van der Waals surface area contributed by atoms with Gasteiger partial charge in [0.1, 0.15) is 6.10 Å². The quantitative estimate of drug-likeness (QED) is 0.742. The Balaban J connectivity index is 2.07. The van der Waals surface area contributed by atoms with Gasteiger partial charge in [0.15, 0.2) is 5.76 Å². The molecule has 3 rings (SSSR count). The molecule has 0 unspecified atom stereocenters. The van der Waals surface area contributed by atoms with Crippen molar-refractivity contribution in [2.75, 3.05) is 0 Å². The van der Waals surface area contributed by atoms with Crippen molar-refractivity contribution in [3.05, 3.63) is 23.2 Å². The average Bonchev–Trinajstić information content (AvgIpc) is 2.87. The third-order valence-corrected chi connectivity index (χ3v) is 6.16. The van der Waals surface area contributed by atoms with Crippen LogP contribution in [0.15, 0.2) is 10.7 Å². The number of hydrogen-bond acceptors (Lipinski definition) is 4. The zero-order valence-electron chi connectivity index (χ0n) is 15.3. The number of ketones is 1. The lowest BCUT2D eigenvalue weighted by molar-refractivity contribution is -0.167. The molecule has 24 heavy (non-hydrogen) atoms. The molecule has 1 heterocycles. The fourth-order valence-corrected chi connectivity index (χ4v) is 4.59. The van der Waals surface area contributed by atoms with Crippen molar-refractivity contribution in [2.24, 2.45) is 23.2 Å². The molecular weight excluding hydrogens is 304 g/mol. The summed E-state index contributed by atoms with van der Waals surface area (Å²) in [6, 6.07) is 0. The predicted molar refractivity (Wildman–Crippen MR) is 90.7 cm³/mol. The van der Waals surface area contributed by atoms with Gasteiger partial charge >= 0.3 is 5.97 Å². The van der Waals surface area contributed by atoms with E-state index in [1.807, 2.05) is 20.8 Å². The SMILES string of the molecule is Cc1coc2c1[C@@H](OC(=O)CC(C)C)[C@]1(C)[C@@H](C)CCC[C@H]1C2=O. The Kier molecular flexibility index (Phi) is 4.35. The van der Waals surface area contributed by atoms with Crippen LogP contribution in [0.5, 0.6) is 0 Å². The molecule has 0 aromatic carbocycles. The molecule has 1 aromatic heterocycles. The van der Waals surface area contributed by atoms with Crippen LogP contribution in [0.25, 0.3) is 0 Å². The number of carbonyl (C=O) groups is 2. The van der Waals surface area contributed by atoms with Crippen molar-refractivity contribution in [1.29, 1.82) is 0 Å². The highest BCUT2D eigenvalue weighted by molar-refractivity contribution is 5.99. The molecule has 1 saturated carbocycles. The Hall–Kier alpha value is -1.58. The van der Waals surface area contributed by atoms with E-state index in [0.29, 0.717) is 18.1 Å². The minimum atomic E-state index is -0.393. The monoisotopic (exact) mass is 332 g/mol. The van der Waals surface area contributed by atoms with E-state index in [1.165, 1.54) is 0 Å². The van der Waals surface area contributed by atoms with Crippen LogP contribution in [0.3, 0.4) is 0 Å². The molecule has 1 fully saturated rings. The molecule has 0 radical (unpaired) electrons. The Bertz CT molecular complexity index is 657. The second-order valence-corrected chi connectivity index (χ2v) is 8.24. The maximum absolute atomic E-state index is 13.0. The summed E-state index contributed by atoms with van der Waals surface area (Å²) in [7, 11) is 0. The molecule has 0 amide bonds. The Morgan fingerprint density at radius 3 is 2.79 bits per heavy atom. The molecular formula is C20H28O4. The lowest BCUT2D eigenvalue weighted by atomic mass is 9.54. The van der Waals surface area contributed by atoms with Gasteiger partial charge in [-0.15, -0.1) is 0 Å². The molecule has 4 heteroatoms. The topological polar surface area (TPSA) is 56.5 Å². The third kappa shape index (κ3) is 2.51. The number of furan rings is 1. The number of hydrogen-bond donors (Lipinski definition) is 0. The maximum Gasteiger partial charge on any atom is 0.306 e. The number of aryl methyl sites for hydroxylation is 1. The number of ether oxygens (including phenoxy) is 1. The fourth-order valence-electron chi connectivity index (χ4n) is 4.59. The standard InChI is InChI=1S/C20H28O4/c1-11(2)9-15(21)24-19-16-12(3)10-23-18(16)17(22)14-8-6-7-13(4)20(14,19)5/h10-11,13-14,19H,6-9H2,1-5H3/t13-,14-,19+,20+/m0/s1. The highest BCUT2D eigenvalue weighted by atomic mass is 16.5. The van der Waals surface area contributed by atoms with Crippen molar-refractivity contribution in [3.8, 4) is 0 Å². The Labute approximate surface area is 143 Å². The first kappa shape index (κ1) is 17.2. The van der Waals surface area contributed by atoms with Crippen LogP contribution >= 0.6 is 0 Å². The minimum absolute atomic E-state index is 0.0864. The van der Waals surface area contributed by atoms with Gasteiger partial charge in [0.2, 0.25) is 5.78 Å². The second-order valence-electron chi connectivity index (χ2n) is 8.24. The summed E-state index contributed by atoms with van der Waals surface area (Å²) in [6.07, 6.45) is 4.56. The van der Waals surface area contributed by atoms with Crippen molar-refractivity contribution < 1.29 is 18.7 Å². The zero-order chi connectivity index (χ0) is 17.6. The van der Waals surface area contributed by atoms with E-state index in [2.05, 4.69) is 13.8 Å². The van der Waals surface area contributed by atoms with Crippen LogP contribution in [0.2, 0.25) is 0 Å². The zero-order valence-corrected chi connectivity index (χ0v) is 15.3. The van der Waals surface area contributed by atoms with Gasteiger partial charge in [-0.3, -0.25) is 9.59 Å². The van der Waals surface area contributed by atoms with Crippen molar-refractivity contribution >= 4 is 11.8 Å². The van der Waals surface area contributed by atoms with Crippen LogP contribution in [-0.2, 0) is 9.53 Å². The van der Waals surface area contributed by atoms with Crippen molar-refractivity contribution in [2.45, 2.75) is 66.4 Å². The van der Waals surface area contributed by atoms with E-state index < -0.39 is 6.10 Å². The summed E-state index contributed by atoms with van der Waals surface area (Å²) in [5.74, 6) is 0.749. The van der Waals surface area contributed by atoms with Crippen molar-refractivity contribution in [1.82, 2.24) is 0 Å². The van der Waals surface area contributed by atoms with Crippen LogP contribution in [0.4, 0.5) is 0 Å². The van der Waals surface area contributed by atoms with Gasteiger partial charge in [0.25, 0.3) is 0 Å². The summed E-state index contributed by atoms with van der Waals surface area (Å²) in [6.45, 7) is 10.3. The summed E-state index contributed by atoms with van der Waals surface area (Å²) < 4.78 is 11.6. The molecule has 2 aliphatic carbocycles. The number of carbonyl (C=O) groups excluding carboxylic acids is 2. The van der Waals surface area contributed by atoms with E-state index >= 15 is 0 Å². The molecule has 0 aliphatic heterocycles. The first-order valence-electron chi connectivity index (χ1n) is 9.08. The normalized spacial score (nSPS) is 32.4. The summed E-state index contributed by atoms with van der Waals surface area (Å²) in [5.41, 5.74) is 1.34. The van der Waals surface area contributed by atoms with Crippen LogP contribution in [0, 0.1) is 30.1 Å². The molecule has 0 bridgehead atoms. The predicted octanol–water partition coefficient (Wildman–Crippen LogP) is 4.86. The molecule has 2 aliphatic rings. The lowest BCUT2D eigenvalue weighted by Crippen LogP contribution is -2.50. The minimum Gasteiger partial charge on any atom is -0.461 e. The first-order chi connectivity index (χ1) is 11.3. The largest absolute Gasteiger partial charge is 0.461 e. The van der Waals surface area contributed by atoms with Gasteiger partial charge in [-0.2, -0.15) is 0 Å². The molecule has 4 atom stereocenters. The Morgan fingerprint density at radius 2 is 2.12 bits per heavy atom. The highest BCUT2D eigenvalue weighted by Crippen LogP contribution is 2.59. The molecule has 0 spiro atoms. The van der Waals surface area contributed by atoms with Crippen molar-refractivity contribution in [3.63, 3.8) is 0 Å². The first-order valence-corrected chi connectivity index (χ1v) is 9.08. The highest BCUT2D eigenvalue weighted by Gasteiger charge is 2.58. The smallest absolute Gasteiger partial charge is 0.306 e. The van der Waals surface area contributed by atoms with Gasteiger partial charge in [-0.25, -0.2) is 0 Å². The van der Waals surface area contributed by atoms with Gasteiger partial charge in [0.05, 0.1) is 6.26 Å². The number of esters is 1. The summed E-state index contributed by atoms with van der Waals surface area (Å²) >= 11 is 0. The molecule has 4 nitrogen and oxygen atoms in total. The summed E-state index contributed by atoms with van der Waals surface area (Å²) in [5, 5.41) is 0. The molecule has 0 saturated heterocycles. The van der Waals surface area contributed by atoms with Crippen LogP contribution < -0.4 is 0 Å². The van der Waals surface area contributed by atoms with E-state index in [0.717, 1.165) is 30.4 Å². The van der Waals surface area contributed by atoms with E-state index in [-0.39, 0.29) is 29.0 Å². The van der Waals surface area contributed by atoms with E-state index in [9.17, 15) is 9.59 Å². The number of Topliss-reactive ketones (excluding diaryl/α,β-unsaturated/α-hetero) is 1. The molecule has 132 valence electrons. The summed E-state index contributed by atoms with van der Waals surface area (Å²) in [4.78, 5) is 25.4.